The number of nitrogens with zero attached hydrogens (tertiary/aromatic N) is 3. The van der Waals surface area contributed by atoms with Gasteiger partial charge in [-0.05, 0) is 29.6 Å². The van der Waals surface area contributed by atoms with Crippen molar-refractivity contribution in [3.05, 3.63) is 40.2 Å². The topological polar surface area (TPSA) is 70.7 Å². The van der Waals surface area contributed by atoms with E-state index in [1.54, 1.807) is 17.5 Å². The van der Waals surface area contributed by atoms with Crippen LogP contribution in [-0.4, -0.2) is 21.2 Å². The third-order valence-corrected chi connectivity index (χ3v) is 5.27. The van der Waals surface area contributed by atoms with Crippen molar-refractivity contribution in [1.82, 2.24) is 9.55 Å². The molecule has 23 heavy (non-hydrogen) atoms. The molecule has 0 atom stereocenters. The van der Waals surface area contributed by atoms with Crippen LogP contribution < -0.4 is 5.32 Å². The molecular weight excluding hydrogens is 352 g/mol. The molecule has 0 saturated heterocycles. The van der Waals surface area contributed by atoms with E-state index in [1.165, 1.54) is 23.1 Å². The standard InChI is InChI=1S/C15H11ClN4OS2/c1-20-12-3-2-10(16)6-11(12)18-15(20)23-8-13(21)19-14-9(7-17)4-5-22-14/h2-6H,8H2,1H3,(H,19,21). The van der Waals surface area contributed by atoms with Crippen LogP contribution in [0.5, 0.6) is 0 Å². The van der Waals surface area contributed by atoms with Gasteiger partial charge in [-0.1, -0.05) is 23.4 Å². The molecule has 8 heteroatoms. The van der Waals surface area contributed by atoms with Crippen molar-refractivity contribution >= 4 is 56.6 Å². The van der Waals surface area contributed by atoms with Crippen molar-refractivity contribution < 1.29 is 4.79 Å². The number of thiophene rings is 1. The highest BCUT2D eigenvalue weighted by Gasteiger charge is 2.12. The number of fused-ring (bicyclic) bond motifs is 1. The first-order chi connectivity index (χ1) is 11.1. The second-order valence-electron chi connectivity index (χ2n) is 4.70. The number of rotatable bonds is 4. The first-order valence-electron chi connectivity index (χ1n) is 6.60. The molecule has 0 aliphatic carbocycles. The lowest BCUT2D eigenvalue weighted by molar-refractivity contribution is -0.113. The molecule has 5 nitrogen and oxygen atoms in total. The van der Waals surface area contributed by atoms with Crippen molar-refractivity contribution in [3.63, 3.8) is 0 Å². The Morgan fingerprint density at radius 1 is 1.52 bits per heavy atom. The van der Waals surface area contributed by atoms with Gasteiger partial charge in [-0.15, -0.1) is 11.3 Å². The molecule has 2 aromatic heterocycles. The molecule has 0 unspecified atom stereocenters. The molecule has 116 valence electrons. The second kappa shape index (κ2) is 6.62. The number of halogens is 1. The molecule has 0 saturated carbocycles. The number of imidazole rings is 1. The molecule has 0 radical (unpaired) electrons. The fraction of sp³-hybridized carbons (Fsp3) is 0.133. The van der Waals surface area contributed by atoms with Gasteiger partial charge in [-0.25, -0.2) is 4.98 Å². The van der Waals surface area contributed by atoms with Gasteiger partial charge in [0, 0.05) is 12.1 Å². The van der Waals surface area contributed by atoms with E-state index < -0.39 is 0 Å². The summed E-state index contributed by atoms with van der Waals surface area (Å²) in [5.74, 6) is 0.0484. The predicted octanol–water partition coefficient (Wildman–Crippen LogP) is 3.89. The third-order valence-electron chi connectivity index (χ3n) is 3.17. The molecular formula is C15H11ClN4OS2. The molecule has 0 bridgehead atoms. The first kappa shape index (κ1) is 15.9. The number of aryl methyl sites for hydroxylation is 1. The van der Waals surface area contributed by atoms with E-state index in [-0.39, 0.29) is 11.7 Å². The Hall–Kier alpha value is -2.01. The van der Waals surface area contributed by atoms with E-state index in [0.29, 0.717) is 15.6 Å². The van der Waals surface area contributed by atoms with E-state index in [0.717, 1.165) is 16.2 Å². The largest absolute Gasteiger partial charge is 0.322 e. The lowest BCUT2D eigenvalue weighted by atomic mass is 10.3. The van der Waals surface area contributed by atoms with Crippen molar-refractivity contribution in [1.29, 1.82) is 5.26 Å². The molecule has 0 fully saturated rings. The molecule has 1 aromatic carbocycles. The van der Waals surface area contributed by atoms with Gasteiger partial charge in [0.2, 0.25) is 5.91 Å². The maximum Gasteiger partial charge on any atom is 0.235 e. The molecule has 3 aromatic rings. The maximum atomic E-state index is 12.0. The van der Waals surface area contributed by atoms with Crippen LogP contribution in [0.3, 0.4) is 0 Å². The third kappa shape index (κ3) is 3.34. The number of thioether (sulfide) groups is 1. The highest BCUT2D eigenvalue weighted by molar-refractivity contribution is 7.99. The molecule has 1 amide bonds. The van der Waals surface area contributed by atoms with Gasteiger partial charge in [0.15, 0.2) is 5.16 Å². The van der Waals surface area contributed by atoms with Crippen molar-refractivity contribution in [2.75, 3.05) is 11.1 Å². The average molecular weight is 363 g/mol. The van der Waals surface area contributed by atoms with Crippen LogP contribution in [0.2, 0.25) is 5.02 Å². The Morgan fingerprint density at radius 2 is 2.35 bits per heavy atom. The number of nitrogens with one attached hydrogen (secondary N) is 1. The van der Waals surface area contributed by atoms with Crippen LogP contribution in [0, 0.1) is 11.3 Å². The summed E-state index contributed by atoms with van der Waals surface area (Å²) in [6.45, 7) is 0. The van der Waals surface area contributed by atoms with Crippen LogP contribution in [0.15, 0.2) is 34.8 Å². The quantitative estimate of drug-likeness (QED) is 0.715. The summed E-state index contributed by atoms with van der Waals surface area (Å²) in [5.41, 5.74) is 2.24. The highest BCUT2D eigenvalue weighted by Crippen LogP contribution is 2.26. The van der Waals surface area contributed by atoms with Gasteiger partial charge in [0.1, 0.15) is 11.1 Å². The van der Waals surface area contributed by atoms with Gasteiger partial charge >= 0.3 is 0 Å². The fourth-order valence-electron chi connectivity index (χ4n) is 2.07. The Kier molecular flexibility index (Phi) is 4.57. The normalized spacial score (nSPS) is 10.7. The maximum absolute atomic E-state index is 12.0. The van der Waals surface area contributed by atoms with E-state index in [1.807, 2.05) is 29.8 Å². The zero-order chi connectivity index (χ0) is 16.4. The van der Waals surface area contributed by atoms with Gasteiger partial charge in [-0.2, -0.15) is 5.26 Å². The minimum Gasteiger partial charge on any atom is -0.322 e. The number of hydrogen-bond acceptors (Lipinski definition) is 5. The molecule has 1 N–H and O–H groups in total. The fourth-order valence-corrected chi connectivity index (χ4v) is 3.77. The van der Waals surface area contributed by atoms with Crippen molar-refractivity contribution in [3.8, 4) is 6.07 Å². The zero-order valence-electron chi connectivity index (χ0n) is 12.0. The number of amides is 1. The van der Waals surface area contributed by atoms with Gasteiger partial charge in [-0.3, -0.25) is 4.79 Å². The zero-order valence-corrected chi connectivity index (χ0v) is 14.4. The summed E-state index contributed by atoms with van der Waals surface area (Å²) >= 11 is 8.64. The molecule has 2 heterocycles. The van der Waals surface area contributed by atoms with E-state index >= 15 is 0 Å². The lowest BCUT2D eigenvalue weighted by Gasteiger charge is -2.03. The summed E-state index contributed by atoms with van der Waals surface area (Å²) in [5, 5.41) is 15.4. The van der Waals surface area contributed by atoms with E-state index in [4.69, 9.17) is 16.9 Å². The van der Waals surface area contributed by atoms with Crippen LogP contribution >= 0.6 is 34.7 Å². The number of carbonyl (C=O) groups excluding carboxylic acids is 1. The monoisotopic (exact) mass is 362 g/mol. The van der Waals surface area contributed by atoms with Crippen LogP contribution in [-0.2, 0) is 11.8 Å². The average Bonchev–Trinajstić information content (AvgIpc) is 3.09. The van der Waals surface area contributed by atoms with Gasteiger partial charge < -0.3 is 9.88 Å². The smallest absolute Gasteiger partial charge is 0.235 e. The van der Waals surface area contributed by atoms with Crippen molar-refractivity contribution in [2.24, 2.45) is 7.05 Å². The number of nitriles is 1. The van der Waals surface area contributed by atoms with Crippen LogP contribution in [0.4, 0.5) is 5.00 Å². The summed E-state index contributed by atoms with van der Waals surface area (Å²) < 4.78 is 1.93. The Labute approximate surface area is 145 Å². The van der Waals surface area contributed by atoms with Gasteiger partial charge in [0.05, 0.1) is 22.3 Å². The summed E-state index contributed by atoms with van der Waals surface area (Å²) in [6, 6.07) is 9.24. The SMILES string of the molecule is Cn1c(SCC(=O)Nc2sccc2C#N)nc2cc(Cl)ccc21. The van der Waals surface area contributed by atoms with E-state index in [9.17, 15) is 4.79 Å². The lowest BCUT2D eigenvalue weighted by Crippen LogP contribution is -2.14. The Morgan fingerprint density at radius 3 is 3.13 bits per heavy atom. The minimum atomic E-state index is -0.168. The summed E-state index contributed by atoms with van der Waals surface area (Å²) in [4.78, 5) is 16.5. The molecule has 0 aliphatic rings. The molecule has 3 rings (SSSR count). The number of hydrogen-bond donors (Lipinski definition) is 1. The second-order valence-corrected chi connectivity index (χ2v) is 6.99. The summed E-state index contributed by atoms with van der Waals surface area (Å²) in [6.07, 6.45) is 0. The molecule has 0 spiro atoms. The Balaban J connectivity index is 1.70. The first-order valence-corrected chi connectivity index (χ1v) is 8.85. The van der Waals surface area contributed by atoms with Crippen LogP contribution in [0.1, 0.15) is 5.56 Å². The number of anilines is 1. The predicted molar refractivity (Wildman–Crippen MR) is 94.1 cm³/mol. The summed E-state index contributed by atoms with van der Waals surface area (Å²) in [7, 11) is 1.90. The number of carbonyl (C=O) groups is 1. The minimum absolute atomic E-state index is 0.168. The Bertz CT molecular complexity index is 925. The van der Waals surface area contributed by atoms with E-state index in [2.05, 4.69) is 10.3 Å². The van der Waals surface area contributed by atoms with Gasteiger partial charge in [0.25, 0.3) is 0 Å². The van der Waals surface area contributed by atoms with Crippen molar-refractivity contribution in [2.45, 2.75) is 5.16 Å². The van der Waals surface area contributed by atoms with Crippen LogP contribution in [0.25, 0.3) is 11.0 Å². The number of benzene rings is 1. The number of aromatic nitrogens is 2. The highest BCUT2D eigenvalue weighted by atomic mass is 35.5. The molecule has 0 aliphatic heterocycles.